The fraction of sp³-hybridized carbons (Fsp3) is 0.538. The van der Waals surface area contributed by atoms with E-state index >= 15 is 0 Å². The summed E-state index contributed by atoms with van der Waals surface area (Å²) in [4.78, 5) is 0. The third-order valence-corrected chi connectivity index (χ3v) is 4.58. The van der Waals surface area contributed by atoms with E-state index in [1.807, 2.05) is 30.3 Å². The van der Waals surface area contributed by atoms with Crippen LogP contribution < -0.4 is 0 Å². The molecular weight excluding hydrogens is 293 g/mol. The van der Waals surface area contributed by atoms with Gasteiger partial charge in [0.15, 0.2) is 0 Å². The zero-order valence-corrected chi connectivity index (χ0v) is 11.5. The Kier molecular flexibility index (Phi) is 4.39. The minimum Gasteiger partial charge on any atom is -0.260 e. The molecule has 0 N–H and O–H groups in total. The first kappa shape index (κ1) is 15.3. The smallest absolute Gasteiger partial charge is 0.260 e. The number of hydrogen-bond donors (Lipinski definition) is 0. The quantitative estimate of drug-likeness (QED) is 0.633. The van der Waals surface area contributed by atoms with E-state index in [0.717, 1.165) is 5.56 Å². The van der Waals surface area contributed by atoms with Gasteiger partial charge in [0, 0.05) is 0 Å². The number of hydrogen-bond acceptors (Lipinski definition) is 3. The van der Waals surface area contributed by atoms with Crippen molar-refractivity contribution in [2.45, 2.75) is 43.2 Å². The second-order valence-electron chi connectivity index (χ2n) is 4.88. The van der Waals surface area contributed by atoms with Crippen molar-refractivity contribution >= 4 is 10.1 Å². The minimum absolute atomic E-state index is 0.254. The Morgan fingerprint density at radius 1 is 1.00 bits per heavy atom. The molecule has 3 nitrogen and oxygen atoms in total. The van der Waals surface area contributed by atoms with Crippen molar-refractivity contribution in [3.05, 3.63) is 35.9 Å². The molecule has 112 valence electrons. The number of halogens is 3. The molecule has 2 rings (SSSR count). The fourth-order valence-electron chi connectivity index (χ4n) is 2.45. The molecule has 0 amide bonds. The highest BCUT2D eigenvalue weighted by Crippen LogP contribution is 2.36. The molecule has 1 aromatic rings. The summed E-state index contributed by atoms with van der Waals surface area (Å²) in [6.07, 6.45) is 1.01. The molecule has 0 saturated heterocycles. The van der Waals surface area contributed by atoms with Gasteiger partial charge in [0.1, 0.15) is 0 Å². The topological polar surface area (TPSA) is 43.4 Å². The number of rotatable bonds is 3. The lowest BCUT2D eigenvalue weighted by Gasteiger charge is -2.28. The summed E-state index contributed by atoms with van der Waals surface area (Å²) in [5.74, 6) is 0.254. The van der Waals surface area contributed by atoms with Crippen molar-refractivity contribution in [3.63, 3.8) is 0 Å². The predicted octanol–water partition coefficient (Wildman–Crippen LogP) is 3.58. The molecule has 1 aromatic carbocycles. The van der Waals surface area contributed by atoms with Crippen LogP contribution in [0.1, 0.15) is 37.2 Å². The van der Waals surface area contributed by atoms with E-state index in [1.54, 1.807) is 0 Å². The van der Waals surface area contributed by atoms with Crippen LogP contribution in [0.25, 0.3) is 0 Å². The SMILES string of the molecule is O=S(=O)(OC1CCC(c2ccccc2)CC1)C(F)(F)F. The molecule has 0 atom stereocenters. The monoisotopic (exact) mass is 308 g/mol. The molecule has 0 radical (unpaired) electrons. The third-order valence-electron chi connectivity index (χ3n) is 3.49. The molecule has 1 aliphatic rings. The molecule has 0 heterocycles. The molecule has 0 unspecified atom stereocenters. The summed E-state index contributed by atoms with van der Waals surface area (Å²) in [6.45, 7) is 0. The van der Waals surface area contributed by atoms with E-state index in [0.29, 0.717) is 25.7 Å². The van der Waals surface area contributed by atoms with Gasteiger partial charge in [-0.2, -0.15) is 21.6 Å². The van der Waals surface area contributed by atoms with E-state index in [-0.39, 0.29) is 5.92 Å². The Morgan fingerprint density at radius 3 is 2.05 bits per heavy atom. The van der Waals surface area contributed by atoms with E-state index in [9.17, 15) is 21.6 Å². The molecule has 0 bridgehead atoms. The van der Waals surface area contributed by atoms with Crippen LogP contribution in [0.4, 0.5) is 13.2 Å². The van der Waals surface area contributed by atoms with Crippen LogP contribution in [0.2, 0.25) is 0 Å². The van der Waals surface area contributed by atoms with E-state index in [2.05, 4.69) is 4.18 Å². The maximum absolute atomic E-state index is 12.2. The lowest BCUT2D eigenvalue weighted by Crippen LogP contribution is -2.31. The average Bonchev–Trinajstić information content (AvgIpc) is 2.39. The summed E-state index contributed by atoms with van der Waals surface area (Å²) >= 11 is 0. The molecule has 1 fully saturated rings. The molecular formula is C13H15F3O3S. The van der Waals surface area contributed by atoms with Crippen molar-refractivity contribution in [3.8, 4) is 0 Å². The van der Waals surface area contributed by atoms with Crippen LogP contribution in [0.3, 0.4) is 0 Å². The average molecular weight is 308 g/mol. The maximum Gasteiger partial charge on any atom is 0.523 e. The van der Waals surface area contributed by atoms with Gasteiger partial charge in [-0.15, -0.1) is 0 Å². The van der Waals surface area contributed by atoms with Crippen molar-refractivity contribution < 1.29 is 25.8 Å². The summed E-state index contributed by atoms with van der Waals surface area (Å²) in [5.41, 5.74) is -4.21. The predicted molar refractivity (Wildman–Crippen MR) is 67.5 cm³/mol. The number of alkyl halides is 3. The first-order valence-electron chi connectivity index (χ1n) is 6.34. The highest BCUT2D eigenvalue weighted by molar-refractivity contribution is 7.87. The molecule has 0 aromatic heterocycles. The molecule has 20 heavy (non-hydrogen) atoms. The molecule has 1 saturated carbocycles. The Hall–Kier alpha value is -1.08. The van der Waals surface area contributed by atoms with Crippen molar-refractivity contribution in [1.29, 1.82) is 0 Å². The van der Waals surface area contributed by atoms with Gasteiger partial charge in [0.05, 0.1) is 6.10 Å². The van der Waals surface area contributed by atoms with Gasteiger partial charge in [-0.25, -0.2) is 0 Å². The Balaban J connectivity index is 1.93. The van der Waals surface area contributed by atoms with Gasteiger partial charge in [0.2, 0.25) is 0 Å². The van der Waals surface area contributed by atoms with E-state index in [1.165, 1.54) is 0 Å². The van der Waals surface area contributed by atoms with Crippen LogP contribution in [-0.4, -0.2) is 20.0 Å². The van der Waals surface area contributed by atoms with E-state index in [4.69, 9.17) is 0 Å². The summed E-state index contributed by atoms with van der Waals surface area (Å²) in [6, 6.07) is 9.66. The molecule has 0 spiro atoms. The second-order valence-corrected chi connectivity index (χ2v) is 6.44. The minimum atomic E-state index is -5.48. The Labute approximate surface area is 115 Å². The van der Waals surface area contributed by atoms with Crippen LogP contribution in [0.5, 0.6) is 0 Å². The highest BCUT2D eigenvalue weighted by Gasteiger charge is 2.48. The van der Waals surface area contributed by atoms with Gasteiger partial charge in [-0.1, -0.05) is 30.3 Å². The van der Waals surface area contributed by atoms with Crippen LogP contribution in [0, 0.1) is 0 Å². The zero-order valence-electron chi connectivity index (χ0n) is 10.6. The standard InChI is InChI=1S/C13H15F3O3S/c14-13(15,16)20(17,18)19-12-8-6-11(7-9-12)10-4-2-1-3-5-10/h1-5,11-12H,6-9H2. The van der Waals surface area contributed by atoms with Crippen molar-refractivity contribution in [2.75, 3.05) is 0 Å². The van der Waals surface area contributed by atoms with Gasteiger partial charge in [-0.3, -0.25) is 4.18 Å². The van der Waals surface area contributed by atoms with Gasteiger partial charge < -0.3 is 0 Å². The summed E-state index contributed by atoms with van der Waals surface area (Å²) in [7, 11) is -5.48. The van der Waals surface area contributed by atoms with Gasteiger partial charge in [-0.05, 0) is 37.2 Å². The lowest BCUT2D eigenvalue weighted by atomic mass is 9.83. The van der Waals surface area contributed by atoms with Crippen LogP contribution in [-0.2, 0) is 14.3 Å². The molecule has 0 aliphatic heterocycles. The largest absolute Gasteiger partial charge is 0.523 e. The molecule has 7 heteroatoms. The fourth-order valence-corrected chi connectivity index (χ4v) is 3.11. The molecule has 1 aliphatic carbocycles. The van der Waals surface area contributed by atoms with Gasteiger partial charge in [0.25, 0.3) is 0 Å². The third kappa shape index (κ3) is 3.52. The van der Waals surface area contributed by atoms with Crippen LogP contribution in [0.15, 0.2) is 30.3 Å². The van der Waals surface area contributed by atoms with Gasteiger partial charge >= 0.3 is 15.6 Å². The van der Waals surface area contributed by atoms with Crippen molar-refractivity contribution in [2.24, 2.45) is 0 Å². The highest BCUT2D eigenvalue weighted by atomic mass is 32.2. The summed E-state index contributed by atoms with van der Waals surface area (Å²) in [5, 5.41) is 0. The Morgan fingerprint density at radius 2 is 1.55 bits per heavy atom. The first-order valence-corrected chi connectivity index (χ1v) is 7.75. The number of benzene rings is 1. The van der Waals surface area contributed by atoms with Crippen molar-refractivity contribution in [1.82, 2.24) is 0 Å². The first-order chi connectivity index (χ1) is 9.29. The lowest BCUT2D eigenvalue weighted by molar-refractivity contribution is -0.0586. The Bertz CT molecular complexity index is 532. The maximum atomic E-state index is 12.2. The van der Waals surface area contributed by atoms with Crippen LogP contribution >= 0.6 is 0 Å². The zero-order chi connectivity index (χ0) is 14.8. The normalized spacial score (nSPS) is 24.6. The summed E-state index contributed by atoms with van der Waals surface area (Å²) < 4.78 is 62.8. The van der Waals surface area contributed by atoms with E-state index < -0.39 is 21.7 Å². The second kappa shape index (κ2) is 5.73.